The van der Waals surface area contributed by atoms with E-state index >= 15 is 0 Å². The Bertz CT molecular complexity index is 867. The van der Waals surface area contributed by atoms with Gasteiger partial charge in [-0.15, -0.1) is 0 Å². The number of carbonyl (C=O) groups is 1. The molecule has 0 bridgehead atoms. The van der Waals surface area contributed by atoms with Gasteiger partial charge in [0, 0.05) is 0 Å². The Morgan fingerprint density at radius 1 is 1.30 bits per heavy atom. The average Bonchev–Trinajstić information content (AvgIpc) is 3.05. The van der Waals surface area contributed by atoms with Crippen molar-refractivity contribution in [1.29, 1.82) is 0 Å². The van der Waals surface area contributed by atoms with Crippen molar-refractivity contribution in [2.45, 2.75) is 6.92 Å². The third-order valence-electron chi connectivity index (χ3n) is 3.17. The zero-order chi connectivity index (χ0) is 16.6. The van der Waals surface area contributed by atoms with Gasteiger partial charge in [-0.25, -0.2) is 0 Å². The van der Waals surface area contributed by atoms with Crippen LogP contribution < -0.4 is 5.32 Å². The number of rotatable bonds is 3. The molecular weight excluding hydrogens is 369 g/mol. The molecule has 8 heteroatoms. The summed E-state index contributed by atoms with van der Waals surface area (Å²) in [6.07, 6.45) is 1.64. The van der Waals surface area contributed by atoms with Gasteiger partial charge in [0.15, 0.2) is 0 Å². The van der Waals surface area contributed by atoms with E-state index in [1.165, 1.54) is 6.07 Å². The van der Waals surface area contributed by atoms with Gasteiger partial charge < -0.3 is 0 Å². The van der Waals surface area contributed by atoms with Crippen LogP contribution in [0.25, 0.3) is 10.1 Å². The summed E-state index contributed by atoms with van der Waals surface area (Å²) >= 11 is -0.266. The average molecular weight is 381 g/mol. The van der Waals surface area contributed by atoms with Gasteiger partial charge in [-0.1, -0.05) is 0 Å². The van der Waals surface area contributed by atoms with E-state index in [1.54, 1.807) is 10.9 Å². The van der Waals surface area contributed by atoms with Crippen molar-refractivity contribution in [3.63, 3.8) is 0 Å². The number of carbonyl (C=O) groups excluding carboxylic acids is 1. The maximum atomic E-state index is 13.6. The molecule has 2 aromatic heterocycles. The Morgan fingerprint density at radius 3 is 2.61 bits per heavy atom. The number of anilines is 1. The summed E-state index contributed by atoms with van der Waals surface area (Å²) in [5.74, 6) is -2.63. The fourth-order valence-electron chi connectivity index (χ4n) is 2.17. The fourth-order valence-corrected chi connectivity index (χ4v) is 3.97. The van der Waals surface area contributed by atoms with Crippen LogP contribution >= 0.6 is 0 Å². The molecule has 3 rings (SSSR count). The van der Waals surface area contributed by atoms with Crippen LogP contribution in [0.5, 0.6) is 0 Å². The summed E-state index contributed by atoms with van der Waals surface area (Å²) in [4.78, 5) is 16.2. The molecule has 3 aromatic rings. The number of nitrogens with one attached hydrogen (secondary N) is 1. The topological polar surface area (TPSA) is 59.8 Å². The van der Waals surface area contributed by atoms with E-state index in [0.29, 0.717) is 4.69 Å². The van der Waals surface area contributed by atoms with Gasteiger partial charge in [0.1, 0.15) is 0 Å². The van der Waals surface area contributed by atoms with Gasteiger partial charge in [-0.05, 0) is 0 Å². The molecule has 0 radical (unpaired) electrons. The summed E-state index contributed by atoms with van der Waals surface area (Å²) in [6, 6.07) is 5.22. The number of nitrogens with zero attached hydrogens (tertiary/aromatic N) is 3. The second-order valence-electron chi connectivity index (χ2n) is 4.88. The molecule has 0 fully saturated rings. The third-order valence-corrected chi connectivity index (χ3v) is 5.13. The van der Waals surface area contributed by atoms with Crippen molar-refractivity contribution < 1.29 is 13.6 Å². The van der Waals surface area contributed by atoms with E-state index in [4.69, 9.17) is 0 Å². The maximum absolute atomic E-state index is 13.6. The van der Waals surface area contributed by atoms with Crippen LogP contribution in [0.1, 0.15) is 16.1 Å². The van der Waals surface area contributed by atoms with Crippen molar-refractivity contribution in [2.75, 3.05) is 5.32 Å². The third kappa shape index (κ3) is 3.08. The van der Waals surface area contributed by atoms with E-state index in [9.17, 15) is 13.6 Å². The summed E-state index contributed by atoms with van der Waals surface area (Å²) in [5, 5.41) is 6.74. The Balaban J connectivity index is 1.85. The molecule has 5 nitrogen and oxygen atoms in total. The van der Waals surface area contributed by atoms with Crippen molar-refractivity contribution >= 4 is 25.1 Å². The normalized spacial score (nSPS) is 10.8. The molecule has 0 saturated carbocycles. The number of hydrogen-bond donors (Lipinski definition) is 1. The second-order valence-corrected chi connectivity index (χ2v) is 7.04. The molecular formula is C15H12F2N4OSe. The molecule has 23 heavy (non-hydrogen) atoms. The Hall–Kier alpha value is -2.31. The number of halogens is 2. The van der Waals surface area contributed by atoms with Crippen LogP contribution in [0, 0.1) is 18.6 Å². The van der Waals surface area contributed by atoms with Crippen molar-refractivity contribution in [3.05, 3.63) is 53.4 Å². The molecule has 0 atom stereocenters. The summed E-state index contributed by atoms with van der Waals surface area (Å²) in [7, 11) is 1.82. The summed E-state index contributed by atoms with van der Waals surface area (Å²) in [5.41, 5.74) is 1.19. The Morgan fingerprint density at radius 2 is 2.00 bits per heavy atom. The molecule has 118 valence electrons. The molecule has 0 aliphatic heterocycles. The van der Waals surface area contributed by atoms with Gasteiger partial charge in [-0.2, -0.15) is 0 Å². The standard InChI is InChI=1S/C15H12F2N4OSe/c1-8-6-11(21(2)20-8)12-7-18-15(23-12)19-14(22)13-9(16)4-3-5-10(13)17/h3-7H,1-2H3,(H,18,19,22). The van der Waals surface area contributed by atoms with Crippen LogP contribution in [0.3, 0.4) is 0 Å². The molecule has 0 spiro atoms. The molecule has 0 saturated heterocycles. The van der Waals surface area contributed by atoms with Gasteiger partial charge in [0.2, 0.25) is 0 Å². The van der Waals surface area contributed by atoms with Gasteiger partial charge in [0.05, 0.1) is 0 Å². The minimum atomic E-state index is -0.899. The molecule has 0 aliphatic carbocycles. The molecule has 1 N–H and O–H groups in total. The number of aromatic nitrogens is 3. The quantitative estimate of drug-likeness (QED) is 0.709. The van der Waals surface area contributed by atoms with Crippen LogP contribution in [-0.4, -0.2) is 35.2 Å². The van der Waals surface area contributed by atoms with Crippen molar-refractivity contribution in [1.82, 2.24) is 14.8 Å². The molecule has 0 aliphatic rings. The van der Waals surface area contributed by atoms with E-state index in [2.05, 4.69) is 15.4 Å². The zero-order valence-corrected chi connectivity index (χ0v) is 14.0. The molecule has 2 heterocycles. The molecule has 0 unspecified atom stereocenters. The number of amides is 1. The first kappa shape index (κ1) is 15.6. The molecule has 1 aromatic carbocycles. The van der Waals surface area contributed by atoms with E-state index in [0.717, 1.165) is 28.0 Å². The monoisotopic (exact) mass is 382 g/mol. The fraction of sp³-hybridized carbons (Fsp3) is 0.133. The Labute approximate surface area is 136 Å². The van der Waals surface area contributed by atoms with Crippen LogP contribution in [0.2, 0.25) is 0 Å². The zero-order valence-electron chi connectivity index (χ0n) is 12.3. The first-order valence-electron chi connectivity index (χ1n) is 6.68. The van der Waals surface area contributed by atoms with Crippen molar-refractivity contribution in [2.24, 2.45) is 7.05 Å². The predicted molar refractivity (Wildman–Crippen MR) is 82.4 cm³/mol. The van der Waals surface area contributed by atoms with Crippen LogP contribution in [-0.2, 0) is 7.05 Å². The van der Waals surface area contributed by atoms with Gasteiger partial charge >= 0.3 is 136 Å². The van der Waals surface area contributed by atoms with Crippen LogP contribution in [0.15, 0.2) is 30.5 Å². The first-order valence-corrected chi connectivity index (χ1v) is 8.39. The van der Waals surface area contributed by atoms with Crippen molar-refractivity contribution in [3.8, 4) is 10.1 Å². The summed E-state index contributed by atoms with van der Waals surface area (Å²) < 4.78 is 30.3. The van der Waals surface area contributed by atoms with Gasteiger partial charge in [-0.3, -0.25) is 0 Å². The summed E-state index contributed by atoms with van der Waals surface area (Å²) in [6.45, 7) is 1.89. The van der Waals surface area contributed by atoms with Crippen LogP contribution in [0.4, 0.5) is 13.5 Å². The predicted octanol–water partition coefficient (Wildman–Crippen LogP) is 2.38. The van der Waals surface area contributed by atoms with E-state index in [-0.39, 0.29) is 14.5 Å². The van der Waals surface area contributed by atoms with E-state index in [1.807, 2.05) is 20.0 Å². The number of benzene rings is 1. The number of hydrogen-bond acceptors (Lipinski definition) is 3. The van der Waals surface area contributed by atoms with Gasteiger partial charge in [0.25, 0.3) is 0 Å². The van der Waals surface area contributed by atoms with E-state index < -0.39 is 23.1 Å². The molecule has 1 amide bonds. The SMILES string of the molecule is Cc1cc(-c2cnc(NC(=O)c3c(F)cccc3F)[se]2)n(C)n1. The minimum absolute atomic E-state index is 0.266. The second kappa shape index (κ2) is 6.06. The number of aryl methyl sites for hydroxylation is 2. The first-order chi connectivity index (χ1) is 11.0. The Kier molecular flexibility index (Phi) is 4.10.